The lowest BCUT2D eigenvalue weighted by atomic mass is 9.94. The van der Waals surface area contributed by atoms with Crippen molar-refractivity contribution in [2.75, 3.05) is 6.54 Å². The summed E-state index contributed by atoms with van der Waals surface area (Å²) in [5, 5.41) is 15.8. The number of nitrogens with zero attached hydrogens (tertiary/aromatic N) is 2. The SMILES string of the molecule is Cc1cc(-n2c(C)cc(C(=O)NCC(C)(C)C(=O)O)c2C)no1. The fourth-order valence-corrected chi connectivity index (χ4v) is 2.28. The van der Waals surface area contributed by atoms with E-state index in [0.717, 1.165) is 11.4 Å². The van der Waals surface area contributed by atoms with Gasteiger partial charge in [0.05, 0.1) is 11.0 Å². The quantitative estimate of drug-likeness (QED) is 0.880. The molecule has 2 aromatic heterocycles. The number of amides is 1. The summed E-state index contributed by atoms with van der Waals surface area (Å²) in [6.07, 6.45) is 0. The molecule has 0 fully saturated rings. The average Bonchev–Trinajstić information content (AvgIpc) is 2.99. The maximum Gasteiger partial charge on any atom is 0.310 e. The molecule has 7 heteroatoms. The Morgan fingerprint density at radius 2 is 1.96 bits per heavy atom. The summed E-state index contributed by atoms with van der Waals surface area (Å²) in [5.41, 5.74) is 1.04. The molecule has 0 spiro atoms. The lowest BCUT2D eigenvalue weighted by Crippen LogP contribution is -2.39. The topological polar surface area (TPSA) is 97.4 Å². The minimum Gasteiger partial charge on any atom is -0.481 e. The van der Waals surface area contributed by atoms with Crippen LogP contribution in [0, 0.1) is 26.2 Å². The number of aryl methyl sites for hydroxylation is 2. The zero-order valence-electron chi connectivity index (χ0n) is 13.9. The number of carboxylic acids is 1. The van der Waals surface area contributed by atoms with Gasteiger partial charge in [-0.3, -0.25) is 14.2 Å². The van der Waals surface area contributed by atoms with Crippen LogP contribution in [-0.2, 0) is 4.79 Å². The summed E-state index contributed by atoms with van der Waals surface area (Å²) in [6.45, 7) is 8.66. The summed E-state index contributed by atoms with van der Waals surface area (Å²) in [7, 11) is 0. The molecule has 124 valence electrons. The van der Waals surface area contributed by atoms with Crippen molar-refractivity contribution in [1.82, 2.24) is 15.0 Å². The number of aromatic nitrogens is 2. The number of aliphatic carboxylic acids is 1. The number of carbonyl (C=O) groups is 2. The molecule has 23 heavy (non-hydrogen) atoms. The molecular formula is C16H21N3O4. The number of carbonyl (C=O) groups excluding carboxylic acids is 1. The first-order valence-corrected chi connectivity index (χ1v) is 7.27. The second-order valence-corrected chi connectivity index (χ2v) is 6.29. The molecule has 0 bridgehead atoms. The molecule has 2 aromatic rings. The standard InChI is InChI=1S/C16H21N3O4/c1-9-6-12(14(20)17-8-16(4,5)15(21)22)11(3)19(9)13-7-10(2)23-18-13/h6-7H,8H2,1-5H3,(H,17,20)(H,21,22). The van der Waals surface area contributed by atoms with E-state index in [0.29, 0.717) is 17.1 Å². The highest BCUT2D eigenvalue weighted by atomic mass is 16.5. The molecule has 7 nitrogen and oxygen atoms in total. The molecule has 0 aliphatic carbocycles. The summed E-state index contributed by atoms with van der Waals surface area (Å²) in [4.78, 5) is 23.5. The first-order valence-electron chi connectivity index (χ1n) is 7.27. The highest BCUT2D eigenvalue weighted by Gasteiger charge is 2.28. The minimum absolute atomic E-state index is 0.0495. The number of hydrogen-bond acceptors (Lipinski definition) is 4. The van der Waals surface area contributed by atoms with Gasteiger partial charge in [0.15, 0.2) is 5.82 Å². The van der Waals surface area contributed by atoms with Gasteiger partial charge >= 0.3 is 5.97 Å². The van der Waals surface area contributed by atoms with Gasteiger partial charge < -0.3 is 14.9 Å². The summed E-state index contributed by atoms with van der Waals surface area (Å²) in [6, 6.07) is 3.54. The minimum atomic E-state index is -1.02. The van der Waals surface area contributed by atoms with E-state index in [9.17, 15) is 9.59 Å². The van der Waals surface area contributed by atoms with Gasteiger partial charge in [0.25, 0.3) is 5.91 Å². The van der Waals surface area contributed by atoms with Gasteiger partial charge in [-0.2, -0.15) is 0 Å². The van der Waals surface area contributed by atoms with Gasteiger partial charge in [0, 0.05) is 24.0 Å². The van der Waals surface area contributed by atoms with E-state index in [1.54, 1.807) is 32.9 Å². The van der Waals surface area contributed by atoms with Crippen LogP contribution in [0.2, 0.25) is 0 Å². The van der Waals surface area contributed by atoms with Crippen molar-refractivity contribution in [1.29, 1.82) is 0 Å². The van der Waals surface area contributed by atoms with Gasteiger partial charge in [-0.1, -0.05) is 5.16 Å². The molecule has 2 rings (SSSR count). The molecule has 2 heterocycles. The van der Waals surface area contributed by atoms with Crippen molar-refractivity contribution in [3.8, 4) is 5.82 Å². The molecular weight excluding hydrogens is 298 g/mol. The van der Waals surface area contributed by atoms with Crippen LogP contribution < -0.4 is 5.32 Å². The fourth-order valence-electron chi connectivity index (χ4n) is 2.28. The Hall–Kier alpha value is -2.57. The second-order valence-electron chi connectivity index (χ2n) is 6.29. The van der Waals surface area contributed by atoms with E-state index < -0.39 is 11.4 Å². The van der Waals surface area contributed by atoms with Gasteiger partial charge in [-0.25, -0.2) is 0 Å². The predicted octanol–water partition coefficient (Wildman–Crippen LogP) is 2.23. The highest BCUT2D eigenvalue weighted by molar-refractivity contribution is 5.96. The van der Waals surface area contributed by atoms with Crippen molar-refractivity contribution in [2.45, 2.75) is 34.6 Å². The maximum absolute atomic E-state index is 12.4. The third-order valence-corrected chi connectivity index (χ3v) is 3.79. The zero-order chi connectivity index (χ0) is 17.4. The summed E-state index contributed by atoms with van der Waals surface area (Å²) < 4.78 is 6.91. The Morgan fingerprint density at radius 1 is 1.30 bits per heavy atom. The maximum atomic E-state index is 12.4. The number of hydrogen-bond donors (Lipinski definition) is 2. The summed E-state index contributed by atoms with van der Waals surface area (Å²) in [5.74, 6) is 0.0318. The molecule has 0 unspecified atom stereocenters. The molecule has 2 N–H and O–H groups in total. The zero-order valence-corrected chi connectivity index (χ0v) is 13.9. The van der Waals surface area contributed by atoms with Crippen LogP contribution in [-0.4, -0.2) is 33.3 Å². The Balaban J connectivity index is 2.24. The first kappa shape index (κ1) is 16.8. The lowest BCUT2D eigenvalue weighted by molar-refractivity contribution is -0.146. The fraction of sp³-hybridized carbons (Fsp3) is 0.438. The van der Waals surface area contributed by atoms with E-state index in [1.807, 2.05) is 18.4 Å². The summed E-state index contributed by atoms with van der Waals surface area (Å²) >= 11 is 0. The largest absolute Gasteiger partial charge is 0.481 e. The van der Waals surface area contributed by atoms with Crippen molar-refractivity contribution in [3.05, 3.63) is 34.8 Å². The van der Waals surface area contributed by atoms with Gasteiger partial charge in [0.1, 0.15) is 5.76 Å². The molecule has 0 saturated carbocycles. The van der Waals surface area contributed by atoms with Crippen LogP contribution in [0.15, 0.2) is 16.7 Å². The van der Waals surface area contributed by atoms with Crippen LogP contribution in [0.4, 0.5) is 0 Å². The van der Waals surface area contributed by atoms with Crippen molar-refractivity contribution < 1.29 is 19.2 Å². The third-order valence-electron chi connectivity index (χ3n) is 3.79. The molecule has 0 atom stereocenters. The first-order chi connectivity index (χ1) is 10.6. The van der Waals surface area contributed by atoms with Crippen molar-refractivity contribution in [3.63, 3.8) is 0 Å². The van der Waals surface area contributed by atoms with Crippen LogP contribution in [0.3, 0.4) is 0 Å². The monoisotopic (exact) mass is 319 g/mol. The smallest absolute Gasteiger partial charge is 0.310 e. The van der Waals surface area contributed by atoms with E-state index in [4.69, 9.17) is 9.63 Å². The van der Waals surface area contributed by atoms with Gasteiger partial charge in [-0.05, 0) is 40.7 Å². The average molecular weight is 319 g/mol. The van der Waals surface area contributed by atoms with Crippen LogP contribution >= 0.6 is 0 Å². The number of nitrogens with one attached hydrogen (secondary N) is 1. The Labute approximate surface area is 134 Å². The van der Waals surface area contributed by atoms with Crippen molar-refractivity contribution >= 4 is 11.9 Å². The molecule has 0 aromatic carbocycles. The van der Waals surface area contributed by atoms with Crippen LogP contribution in [0.5, 0.6) is 0 Å². The van der Waals surface area contributed by atoms with E-state index >= 15 is 0 Å². The number of rotatable bonds is 5. The second kappa shape index (κ2) is 5.91. The highest BCUT2D eigenvalue weighted by Crippen LogP contribution is 2.21. The molecule has 0 aliphatic rings. The Bertz CT molecular complexity index is 755. The molecule has 0 saturated heterocycles. The van der Waals surface area contributed by atoms with E-state index in [-0.39, 0.29) is 12.5 Å². The van der Waals surface area contributed by atoms with Gasteiger partial charge in [0.2, 0.25) is 0 Å². The van der Waals surface area contributed by atoms with Crippen molar-refractivity contribution in [2.24, 2.45) is 5.41 Å². The predicted molar refractivity (Wildman–Crippen MR) is 83.8 cm³/mol. The number of carboxylic acid groups (broad SMARTS) is 1. The third kappa shape index (κ3) is 3.28. The van der Waals surface area contributed by atoms with Crippen LogP contribution in [0.25, 0.3) is 5.82 Å². The molecule has 0 radical (unpaired) electrons. The van der Waals surface area contributed by atoms with E-state index in [1.165, 1.54) is 0 Å². The molecule has 1 amide bonds. The normalized spacial score (nSPS) is 11.5. The Morgan fingerprint density at radius 3 is 2.48 bits per heavy atom. The van der Waals surface area contributed by atoms with Crippen LogP contribution in [0.1, 0.15) is 41.4 Å². The Kier molecular flexibility index (Phi) is 4.31. The lowest BCUT2D eigenvalue weighted by Gasteiger charge is -2.19. The molecule has 0 aliphatic heterocycles. The van der Waals surface area contributed by atoms with Gasteiger partial charge in [-0.15, -0.1) is 0 Å². The van der Waals surface area contributed by atoms with E-state index in [2.05, 4.69) is 10.5 Å².